The Morgan fingerprint density at radius 2 is 2.33 bits per heavy atom. The Hall–Kier alpha value is -2.19. The molecule has 2 aromatic rings. The Morgan fingerprint density at radius 3 is 3.05 bits per heavy atom. The number of aromatic nitrogens is 3. The third-order valence-corrected chi connectivity index (χ3v) is 3.62. The number of rotatable bonds is 3. The first-order valence-electron chi connectivity index (χ1n) is 6.63. The van der Waals surface area contributed by atoms with Crippen LogP contribution in [0.5, 0.6) is 0 Å². The van der Waals surface area contributed by atoms with Crippen LogP contribution in [-0.2, 0) is 11.8 Å². The molecule has 8 heteroatoms. The highest BCUT2D eigenvalue weighted by Gasteiger charge is 2.26. The molecule has 2 N–H and O–H groups in total. The Bertz CT molecular complexity index is 684. The van der Waals surface area contributed by atoms with E-state index in [1.807, 2.05) is 4.90 Å². The molecule has 0 aromatic carbocycles. The Balaban J connectivity index is 2.14. The lowest BCUT2D eigenvalue weighted by molar-refractivity contribution is 0.00356. The fourth-order valence-corrected chi connectivity index (χ4v) is 2.61. The van der Waals surface area contributed by atoms with E-state index in [0.717, 1.165) is 0 Å². The first-order valence-corrected chi connectivity index (χ1v) is 6.63. The minimum atomic E-state index is -1.03. The first-order chi connectivity index (χ1) is 10.1. The number of hydrogen-bond acceptors (Lipinski definition) is 6. The molecule has 1 unspecified atom stereocenters. The molecule has 0 spiro atoms. The summed E-state index contributed by atoms with van der Waals surface area (Å²) in [5.41, 5.74) is 1.35. The molecule has 1 saturated heterocycles. The monoisotopic (exact) mass is 292 g/mol. The van der Waals surface area contributed by atoms with Gasteiger partial charge in [-0.1, -0.05) is 0 Å². The third kappa shape index (κ3) is 2.32. The maximum atomic E-state index is 11.5. The van der Waals surface area contributed by atoms with Crippen LogP contribution in [0.15, 0.2) is 12.4 Å². The number of aryl methyl sites for hydroxylation is 1. The quantitative estimate of drug-likeness (QED) is 0.812. The van der Waals surface area contributed by atoms with Crippen LogP contribution in [0, 0.1) is 0 Å². The number of aliphatic hydroxyl groups is 1. The van der Waals surface area contributed by atoms with Crippen LogP contribution in [-0.4, -0.2) is 63.4 Å². The highest BCUT2D eigenvalue weighted by atomic mass is 16.5. The van der Waals surface area contributed by atoms with Gasteiger partial charge in [-0.25, -0.2) is 9.78 Å². The Morgan fingerprint density at radius 1 is 1.52 bits per heavy atom. The predicted octanol–water partition coefficient (Wildman–Crippen LogP) is -0.136. The van der Waals surface area contributed by atoms with E-state index in [1.54, 1.807) is 17.9 Å². The van der Waals surface area contributed by atoms with Crippen molar-refractivity contribution in [2.75, 3.05) is 31.2 Å². The zero-order valence-corrected chi connectivity index (χ0v) is 11.6. The summed E-state index contributed by atoms with van der Waals surface area (Å²) in [5.74, 6) is -1.03. The number of carbonyl (C=O) groups is 1. The maximum Gasteiger partial charge on any atom is 0.339 e. The van der Waals surface area contributed by atoms with Crippen LogP contribution in [0.4, 0.5) is 5.69 Å². The van der Waals surface area contributed by atoms with Crippen molar-refractivity contribution < 1.29 is 19.7 Å². The number of morpholine rings is 1. The van der Waals surface area contributed by atoms with Gasteiger partial charge < -0.3 is 19.8 Å². The molecule has 2 aromatic heterocycles. The number of hydrogen-bond donors (Lipinski definition) is 2. The van der Waals surface area contributed by atoms with Gasteiger partial charge in [0.2, 0.25) is 0 Å². The lowest BCUT2D eigenvalue weighted by Gasteiger charge is -2.34. The second-order valence-corrected chi connectivity index (χ2v) is 4.95. The zero-order chi connectivity index (χ0) is 15.0. The summed E-state index contributed by atoms with van der Waals surface area (Å²) < 4.78 is 7.03. The molecule has 0 amide bonds. The summed E-state index contributed by atoms with van der Waals surface area (Å²) in [6.45, 7) is 1.34. The highest BCUT2D eigenvalue weighted by molar-refractivity contribution is 6.03. The van der Waals surface area contributed by atoms with Crippen LogP contribution in [0.3, 0.4) is 0 Å². The first kappa shape index (κ1) is 13.8. The van der Waals surface area contributed by atoms with Gasteiger partial charge in [0.05, 0.1) is 36.6 Å². The number of aromatic carboxylic acids is 1. The number of pyridine rings is 1. The molecule has 8 nitrogen and oxygen atoms in total. The lowest BCUT2D eigenvalue weighted by atomic mass is 10.1. The van der Waals surface area contributed by atoms with Crippen molar-refractivity contribution in [1.82, 2.24) is 14.8 Å². The van der Waals surface area contributed by atoms with Crippen molar-refractivity contribution in [2.45, 2.75) is 6.10 Å². The summed E-state index contributed by atoms with van der Waals surface area (Å²) in [6.07, 6.45) is 2.65. The molecule has 1 aliphatic rings. The van der Waals surface area contributed by atoms with E-state index < -0.39 is 5.97 Å². The van der Waals surface area contributed by atoms with E-state index in [4.69, 9.17) is 4.74 Å². The number of nitrogens with zero attached hydrogens (tertiary/aromatic N) is 4. The Kier molecular flexibility index (Phi) is 3.48. The van der Waals surface area contributed by atoms with Gasteiger partial charge in [0.15, 0.2) is 5.65 Å². The summed E-state index contributed by atoms with van der Waals surface area (Å²) in [4.78, 5) is 17.6. The predicted molar refractivity (Wildman–Crippen MR) is 74.5 cm³/mol. The molecule has 3 rings (SSSR count). The number of carboxylic acid groups (broad SMARTS) is 1. The van der Waals surface area contributed by atoms with Gasteiger partial charge >= 0.3 is 5.97 Å². The largest absolute Gasteiger partial charge is 0.478 e. The minimum Gasteiger partial charge on any atom is -0.478 e. The maximum absolute atomic E-state index is 11.5. The summed E-state index contributed by atoms with van der Waals surface area (Å²) in [6, 6.07) is 0. The fourth-order valence-electron chi connectivity index (χ4n) is 2.61. The van der Waals surface area contributed by atoms with E-state index in [-0.39, 0.29) is 18.3 Å². The van der Waals surface area contributed by atoms with Crippen molar-refractivity contribution >= 4 is 22.7 Å². The van der Waals surface area contributed by atoms with Crippen molar-refractivity contribution in [1.29, 1.82) is 0 Å². The van der Waals surface area contributed by atoms with Crippen molar-refractivity contribution in [3.8, 4) is 0 Å². The van der Waals surface area contributed by atoms with Crippen LogP contribution in [0.1, 0.15) is 10.4 Å². The van der Waals surface area contributed by atoms with Gasteiger partial charge in [-0.2, -0.15) is 5.10 Å². The second kappa shape index (κ2) is 5.30. The lowest BCUT2D eigenvalue weighted by Crippen LogP contribution is -2.44. The number of aliphatic hydroxyl groups excluding tert-OH is 1. The van der Waals surface area contributed by atoms with Gasteiger partial charge in [0.25, 0.3) is 0 Å². The normalized spacial score (nSPS) is 19.1. The van der Waals surface area contributed by atoms with E-state index in [2.05, 4.69) is 10.1 Å². The van der Waals surface area contributed by atoms with Crippen LogP contribution in [0.2, 0.25) is 0 Å². The smallest absolute Gasteiger partial charge is 0.339 e. The van der Waals surface area contributed by atoms with Crippen molar-refractivity contribution in [2.24, 2.45) is 7.05 Å². The number of fused-ring (bicyclic) bond motifs is 1. The van der Waals surface area contributed by atoms with Gasteiger partial charge in [0.1, 0.15) is 5.56 Å². The Labute approximate surface area is 120 Å². The highest BCUT2D eigenvalue weighted by Crippen LogP contribution is 2.30. The number of anilines is 1. The topological polar surface area (TPSA) is 101 Å². The summed E-state index contributed by atoms with van der Waals surface area (Å²) >= 11 is 0. The second-order valence-electron chi connectivity index (χ2n) is 4.95. The molecule has 0 saturated carbocycles. The molecular formula is C13H16N4O4. The zero-order valence-electron chi connectivity index (χ0n) is 11.6. The molecule has 21 heavy (non-hydrogen) atoms. The standard InChI is InChI=1S/C13H16N4O4/c1-16-12-9(5-15-16)11(10(4-14-12)13(19)20)17-2-3-21-8(6-17)7-18/h4-5,8,18H,2-3,6-7H2,1H3,(H,19,20). The molecule has 1 fully saturated rings. The molecule has 3 heterocycles. The van der Waals surface area contributed by atoms with E-state index in [0.29, 0.717) is 36.4 Å². The number of carboxylic acids is 1. The van der Waals surface area contributed by atoms with Crippen molar-refractivity contribution in [3.05, 3.63) is 18.0 Å². The van der Waals surface area contributed by atoms with E-state index >= 15 is 0 Å². The van der Waals surface area contributed by atoms with Gasteiger partial charge in [-0.05, 0) is 0 Å². The molecular weight excluding hydrogens is 276 g/mol. The van der Waals surface area contributed by atoms with Crippen LogP contribution >= 0.6 is 0 Å². The van der Waals surface area contributed by atoms with Gasteiger partial charge in [-0.3, -0.25) is 4.68 Å². The van der Waals surface area contributed by atoms with Gasteiger partial charge in [-0.15, -0.1) is 0 Å². The molecule has 0 radical (unpaired) electrons. The molecule has 112 valence electrons. The summed E-state index contributed by atoms with van der Waals surface area (Å²) in [7, 11) is 1.76. The van der Waals surface area contributed by atoms with Gasteiger partial charge in [0, 0.05) is 26.3 Å². The van der Waals surface area contributed by atoms with Crippen molar-refractivity contribution in [3.63, 3.8) is 0 Å². The SMILES string of the molecule is Cn1ncc2c(N3CCOC(CO)C3)c(C(=O)O)cnc21. The fraction of sp³-hybridized carbons (Fsp3) is 0.462. The van der Waals surface area contributed by atoms with Crippen LogP contribution in [0.25, 0.3) is 11.0 Å². The molecule has 1 atom stereocenters. The molecule has 0 aliphatic carbocycles. The van der Waals surface area contributed by atoms with E-state index in [9.17, 15) is 15.0 Å². The average molecular weight is 292 g/mol. The minimum absolute atomic E-state index is 0.0971. The molecule has 1 aliphatic heterocycles. The summed E-state index contributed by atoms with van der Waals surface area (Å²) in [5, 5.41) is 23.5. The average Bonchev–Trinajstić information content (AvgIpc) is 2.88. The van der Waals surface area contributed by atoms with Crippen LogP contribution < -0.4 is 4.90 Å². The number of ether oxygens (including phenoxy) is 1. The third-order valence-electron chi connectivity index (χ3n) is 3.62. The van der Waals surface area contributed by atoms with E-state index in [1.165, 1.54) is 6.20 Å². The molecule has 0 bridgehead atoms.